The second-order valence-electron chi connectivity index (χ2n) is 13.7. The molecule has 12 nitrogen and oxygen atoms in total. The average molecular weight is 674 g/mol. The molecule has 0 unspecified atom stereocenters. The van der Waals surface area contributed by atoms with Gasteiger partial charge in [0.25, 0.3) is 6.43 Å². The third-order valence-corrected chi connectivity index (χ3v) is 7.68. The van der Waals surface area contributed by atoms with E-state index in [0.29, 0.717) is 36.5 Å². The van der Waals surface area contributed by atoms with Crippen LogP contribution in [0.25, 0.3) is 10.9 Å². The molecule has 1 aliphatic heterocycles. The number of anilines is 1. The Morgan fingerprint density at radius 1 is 1.04 bits per heavy atom. The molecule has 1 saturated heterocycles. The molecule has 0 bridgehead atoms. The maximum absolute atomic E-state index is 13.6. The molecular formula is C34H45F2N5O7. The van der Waals surface area contributed by atoms with E-state index < -0.39 is 48.4 Å². The summed E-state index contributed by atoms with van der Waals surface area (Å²) in [5.41, 5.74) is 1.25. The largest absolute Gasteiger partial charge is 0.496 e. The number of pyridine rings is 1. The zero-order chi connectivity index (χ0) is 35.6. The molecule has 3 aromatic rings. The van der Waals surface area contributed by atoms with E-state index in [1.54, 1.807) is 65.8 Å². The van der Waals surface area contributed by atoms with Crippen LogP contribution in [0.15, 0.2) is 30.6 Å². The molecule has 1 aromatic carbocycles. The molecule has 0 radical (unpaired) electrons. The van der Waals surface area contributed by atoms with Gasteiger partial charge in [0, 0.05) is 55.6 Å². The van der Waals surface area contributed by atoms with E-state index in [4.69, 9.17) is 18.9 Å². The molecule has 262 valence electrons. The first-order chi connectivity index (χ1) is 22.4. The van der Waals surface area contributed by atoms with Crippen LogP contribution in [-0.4, -0.2) is 95.5 Å². The number of carbonyl (C=O) groups is 3. The monoisotopic (exact) mass is 673 g/mol. The highest BCUT2D eigenvalue weighted by atomic mass is 19.3. The van der Waals surface area contributed by atoms with Crippen molar-refractivity contribution in [3.8, 4) is 5.75 Å². The van der Waals surface area contributed by atoms with Crippen LogP contribution >= 0.6 is 0 Å². The van der Waals surface area contributed by atoms with E-state index in [1.807, 2.05) is 19.1 Å². The van der Waals surface area contributed by atoms with Gasteiger partial charge >= 0.3 is 18.2 Å². The summed E-state index contributed by atoms with van der Waals surface area (Å²) in [7, 11) is 2.77. The Morgan fingerprint density at radius 3 is 2.33 bits per heavy atom. The zero-order valence-electron chi connectivity index (χ0n) is 29.0. The summed E-state index contributed by atoms with van der Waals surface area (Å²) < 4.78 is 50.3. The number of aromatic nitrogens is 2. The van der Waals surface area contributed by atoms with E-state index in [2.05, 4.69) is 15.2 Å². The van der Waals surface area contributed by atoms with Gasteiger partial charge in [0.1, 0.15) is 17.0 Å². The number of alkyl halides is 2. The van der Waals surface area contributed by atoms with Crippen LogP contribution in [0.4, 0.5) is 24.1 Å². The van der Waals surface area contributed by atoms with Crippen molar-refractivity contribution in [2.24, 2.45) is 0 Å². The number of piperazine rings is 1. The van der Waals surface area contributed by atoms with Crippen molar-refractivity contribution in [2.75, 3.05) is 45.7 Å². The standard InChI is InChI=1S/C34H45F2N5O7/c1-20-14-26(45-8)23(22-10-11-41(29(20)22)32(44)48-34(5,6)7)17-40-13-12-39(19-27(35)36)18-25(40)21-15-24(28(37-16-21)30(42)46-9)38-31(43)47-33(2,3)4/h10-11,14-16,25,27H,12-13,17-19H2,1-9H3,(H,38,43)/t25-/m1/s1. The Bertz CT molecular complexity index is 1660. The van der Waals surface area contributed by atoms with Crippen molar-refractivity contribution < 1.29 is 42.1 Å². The second kappa shape index (κ2) is 14.4. The Morgan fingerprint density at radius 2 is 1.73 bits per heavy atom. The molecule has 48 heavy (non-hydrogen) atoms. The summed E-state index contributed by atoms with van der Waals surface area (Å²) >= 11 is 0. The predicted molar refractivity (Wildman–Crippen MR) is 176 cm³/mol. The molecule has 1 fully saturated rings. The van der Waals surface area contributed by atoms with Crippen molar-refractivity contribution in [2.45, 2.75) is 78.7 Å². The fourth-order valence-corrected chi connectivity index (χ4v) is 5.75. The van der Waals surface area contributed by atoms with Crippen LogP contribution in [-0.2, 0) is 20.8 Å². The molecule has 1 atom stereocenters. The summed E-state index contributed by atoms with van der Waals surface area (Å²) in [6, 6.07) is 4.79. The van der Waals surface area contributed by atoms with E-state index in [-0.39, 0.29) is 17.9 Å². The first-order valence-corrected chi connectivity index (χ1v) is 15.6. The van der Waals surface area contributed by atoms with Crippen molar-refractivity contribution in [1.82, 2.24) is 19.4 Å². The lowest BCUT2D eigenvalue weighted by Gasteiger charge is -2.42. The Hall–Kier alpha value is -4.30. The summed E-state index contributed by atoms with van der Waals surface area (Å²) in [6.45, 7) is 13.3. The second-order valence-corrected chi connectivity index (χ2v) is 13.7. The minimum Gasteiger partial charge on any atom is -0.496 e. The lowest BCUT2D eigenvalue weighted by Crippen LogP contribution is -2.49. The van der Waals surface area contributed by atoms with Crippen molar-refractivity contribution >= 4 is 34.7 Å². The van der Waals surface area contributed by atoms with Crippen molar-refractivity contribution in [1.29, 1.82) is 0 Å². The topological polar surface area (TPSA) is 124 Å². The van der Waals surface area contributed by atoms with Crippen LogP contribution in [0.1, 0.15) is 74.8 Å². The van der Waals surface area contributed by atoms with Crippen LogP contribution in [0, 0.1) is 6.92 Å². The third-order valence-electron chi connectivity index (χ3n) is 7.68. The van der Waals surface area contributed by atoms with Crippen LogP contribution < -0.4 is 10.1 Å². The Kier molecular flexibility index (Phi) is 11.0. The number of hydrogen-bond donors (Lipinski definition) is 1. The number of amides is 1. The molecule has 0 aliphatic carbocycles. The number of hydrogen-bond acceptors (Lipinski definition) is 10. The average Bonchev–Trinajstić information content (AvgIpc) is 3.43. The number of nitrogens with zero attached hydrogens (tertiary/aromatic N) is 4. The van der Waals surface area contributed by atoms with Gasteiger partial charge in [-0.2, -0.15) is 0 Å². The number of fused-ring (bicyclic) bond motifs is 1. The molecular weight excluding hydrogens is 628 g/mol. The van der Waals surface area contributed by atoms with E-state index in [0.717, 1.165) is 16.5 Å². The maximum Gasteiger partial charge on any atom is 0.419 e. The van der Waals surface area contributed by atoms with E-state index in [1.165, 1.54) is 17.9 Å². The molecule has 1 amide bonds. The van der Waals surface area contributed by atoms with Crippen molar-refractivity contribution in [3.63, 3.8) is 0 Å². The number of carbonyl (C=O) groups excluding carboxylic acids is 3. The number of rotatable bonds is 8. The number of aryl methyl sites for hydroxylation is 1. The number of esters is 1. The van der Waals surface area contributed by atoms with Gasteiger partial charge in [0.05, 0.1) is 32.0 Å². The molecule has 1 aliphatic rings. The highest BCUT2D eigenvalue weighted by Crippen LogP contribution is 2.37. The molecule has 1 N–H and O–H groups in total. The quantitative estimate of drug-likeness (QED) is 0.212. The molecule has 0 spiro atoms. The van der Waals surface area contributed by atoms with Crippen LogP contribution in [0.2, 0.25) is 0 Å². The van der Waals surface area contributed by atoms with Crippen LogP contribution in [0.3, 0.4) is 0 Å². The number of benzene rings is 1. The first-order valence-electron chi connectivity index (χ1n) is 15.6. The highest BCUT2D eigenvalue weighted by Gasteiger charge is 2.33. The fourth-order valence-electron chi connectivity index (χ4n) is 5.75. The Labute approximate surface area is 279 Å². The smallest absolute Gasteiger partial charge is 0.419 e. The lowest BCUT2D eigenvalue weighted by atomic mass is 9.99. The minimum atomic E-state index is -2.54. The molecule has 3 heterocycles. The first kappa shape index (κ1) is 36.5. The van der Waals surface area contributed by atoms with Gasteiger partial charge in [0.2, 0.25) is 0 Å². The fraction of sp³-hybridized carbons (Fsp3) is 0.529. The summed E-state index contributed by atoms with van der Waals surface area (Å²) in [5.74, 6) is -0.170. The molecule has 0 saturated carbocycles. The molecule has 2 aromatic heterocycles. The molecule has 4 rings (SSSR count). The number of nitrogens with one attached hydrogen (secondary N) is 1. The van der Waals surface area contributed by atoms with Gasteiger partial charge in [-0.1, -0.05) is 0 Å². The van der Waals surface area contributed by atoms with Gasteiger partial charge in [-0.05, 0) is 77.8 Å². The van der Waals surface area contributed by atoms with Crippen LogP contribution in [0.5, 0.6) is 5.75 Å². The van der Waals surface area contributed by atoms with Gasteiger partial charge < -0.3 is 18.9 Å². The van der Waals surface area contributed by atoms with Gasteiger partial charge in [0.15, 0.2) is 5.69 Å². The minimum absolute atomic E-state index is 0.0595. The predicted octanol–water partition coefficient (Wildman–Crippen LogP) is 6.39. The Balaban J connectivity index is 1.78. The normalized spacial score (nSPS) is 16.2. The maximum atomic E-state index is 13.6. The van der Waals surface area contributed by atoms with Crippen molar-refractivity contribution in [3.05, 3.63) is 53.0 Å². The number of ether oxygens (including phenoxy) is 4. The van der Waals surface area contributed by atoms with Gasteiger partial charge in [-0.3, -0.25) is 19.7 Å². The van der Waals surface area contributed by atoms with E-state index in [9.17, 15) is 23.2 Å². The zero-order valence-corrected chi connectivity index (χ0v) is 29.0. The van der Waals surface area contributed by atoms with E-state index >= 15 is 0 Å². The molecule has 14 heteroatoms. The number of halogens is 2. The number of methoxy groups -OCH3 is 2. The highest BCUT2D eigenvalue weighted by molar-refractivity contribution is 5.98. The summed E-state index contributed by atoms with van der Waals surface area (Å²) in [5, 5.41) is 3.38. The van der Waals surface area contributed by atoms with Gasteiger partial charge in [-0.25, -0.2) is 28.1 Å². The van der Waals surface area contributed by atoms with Gasteiger partial charge in [-0.15, -0.1) is 0 Å². The summed E-state index contributed by atoms with van der Waals surface area (Å²) in [4.78, 5) is 46.6. The lowest BCUT2D eigenvalue weighted by molar-refractivity contribution is 0.0244. The SMILES string of the molecule is COC(=O)c1ncc([C@H]2CN(CC(F)F)CCN2Cc2c(OC)cc(C)c3c2ccn3C(=O)OC(C)(C)C)cc1NC(=O)OC(C)(C)C. The summed E-state index contributed by atoms with van der Waals surface area (Å²) in [6.07, 6.45) is -0.705. The third kappa shape index (κ3) is 8.78.